The second-order valence-corrected chi connectivity index (χ2v) is 4.15. The van der Waals surface area contributed by atoms with Gasteiger partial charge < -0.3 is 15.8 Å². The number of nitrogens with zero attached hydrogens (tertiary/aromatic N) is 1. The Morgan fingerprint density at radius 1 is 1.28 bits per heavy atom. The lowest BCUT2D eigenvalue weighted by atomic mass is 10.2. The van der Waals surface area contributed by atoms with Crippen LogP contribution in [0.5, 0.6) is 5.88 Å². The van der Waals surface area contributed by atoms with Crippen LogP contribution in [0.1, 0.15) is 11.1 Å². The summed E-state index contributed by atoms with van der Waals surface area (Å²) in [5, 5.41) is 3.30. The average Bonchev–Trinajstić information content (AvgIpc) is 2.40. The first-order valence-corrected chi connectivity index (χ1v) is 5.78. The molecule has 3 N–H and O–H groups in total. The number of benzene rings is 1. The topological polar surface area (TPSA) is 60.2 Å². The van der Waals surface area contributed by atoms with E-state index < -0.39 is 0 Å². The van der Waals surface area contributed by atoms with Crippen LogP contribution in [0, 0.1) is 6.92 Å². The number of rotatable bonds is 4. The third-order valence-corrected chi connectivity index (χ3v) is 2.70. The lowest BCUT2D eigenvalue weighted by molar-refractivity contribution is 0.397. The van der Waals surface area contributed by atoms with Gasteiger partial charge in [-0.25, -0.2) is 4.98 Å². The van der Waals surface area contributed by atoms with Gasteiger partial charge in [-0.1, -0.05) is 12.1 Å². The highest BCUT2D eigenvalue weighted by Crippen LogP contribution is 2.20. The molecular weight excluding hydrogens is 226 g/mol. The van der Waals surface area contributed by atoms with Crippen LogP contribution < -0.4 is 15.8 Å². The van der Waals surface area contributed by atoms with Crippen LogP contribution in [0.2, 0.25) is 0 Å². The summed E-state index contributed by atoms with van der Waals surface area (Å²) in [4.78, 5) is 4.16. The molecule has 1 aromatic heterocycles. The fraction of sp³-hybridized carbons (Fsp3) is 0.214. The lowest BCUT2D eigenvalue weighted by Crippen LogP contribution is -2.03. The molecule has 1 aromatic carbocycles. The molecule has 0 fully saturated rings. The van der Waals surface area contributed by atoms with Crippen molar-refractivity contribution in [2.75, 3.05) is 18.2 Å². The van der Waals surface area contributed by atoms with E-state index in [4.69, 9.17) is 10.5 Å². The summed E-state index contributed by atoms with van der Waals surface area (Å²) < 4.78 is 5.02. The molecule has 18 heavy (non-hydrogen) atoms. The SMILES string of the molecule is COc1ccc(CNc2cc(C)ccc2N)cn1. The number of methoxy groups -OCH3 is 1. The van der Waals surface area contributed by atoms with Crippen molar-refractivity contribution in [3.8, 4) is 5.88 Å². The molecule has 0 aliphatic heterocycles. The van der Waals surface area contributed by atoms with Gasteiger partial charge in [0.25, 0.3) is 0 Å². The van der Waals surface area contributed by atoms with Crippen LogP contribution in [0.3, 0.4) is 0 Å². The minimum absolute atomic E-state index is 0.619. The summed E-state index contributed by atoms with van der Waals surface area (Å²) in [6, 6.07) is 9.76. The molecule has 0 aliphatic carbocycles. The van der Waals surface area contributed by atoms with Gasteiger partial charge in [0.15, 0.2) is 0 Å². The number of anilines is 2. The van der Waals surface area contributed by atoms with E-state index in [1.165, 1.54) is 5.56 Å². The van der Waals surface area contributed by atoms with Crippen molar-refractivity contribution in [3.63, 3.8) is 0 Å². The van der Waals surface area contributed by atoms with Crippen LogP contribution in [-0.4, -0.2) is 12.1 Å². The highest BCUT2D eigenvalue weighted by molar-refractivity contribution is 5.66. The molecule has 0 aliphatic rings. The fourth-order valence-electron chi connectivity index (χ4n) is 1.66. The molecule has 2 rings (SSSR count). The van der Waals surface area contributed by atoms with E-state index in [1.807, 2.05) is 37.3 Å². The third-order valence-electron chi connectivity index (χ3n) is 2.70. The van der Waals surface area contributed by atoms with Gasteiger partial charge in [0, 0.05) is 18.8 Å². The van der Waals surface area contributed by atoms with E-state index in [-0.39, 0.29) is 0 Å². The lowest BCUT2D eigenvalue weighted by Gasteiger charge is -2.10. The van der Waals surface area contributed by atoms with Gasteiger partial charge in [0.05, 0.1) is 18.5 Å². The normalized spacial score (nSPS) is 10.1. The standard InChI is InChI=1S/C14H17N3O/c1-10-3-5-12(15)13(7-10)16-8-11-4-6-14(18-2)17-9-11/h3-7,9,16H,8,15H2,1-2H3. The maximum absolute atomic E-state index is 5.90. The van der Waals surface area contributed by atoms with Gasteiger partial charge in [0.2, 0.25) is 5.88 Å². The Labute approximate surface area is 107 Å². The second kappa shape index (κ2) is 5.40. The molecule has 2 aromatic rings. The van der Waals surface area contributed by atoms with E-state index in [2.05, 4.69) is 10.3 Å². The van der Waals surface area contributed by atoms with Gasteiger partial charge >= 0.3 is 0 Å². The Balaban J connectivity index is 2.04. The minimum atomic E-state index is 0.619. The Hall–Kier alpha value is -2.23. The van der Waals surface area contributed by atoms with Crippen molar-refractivity contribution in [2.45, 2.75) is 13.5 Å². The highest BCUT2D eigenvalue weighted by Gasteiger charge is 2.00. The Morgan fingerprint density at radius 2 is 2.11 bits per heavy atom. The number of aromatic nitrogens is 1. The molecular formula is C14H17N3O. The van der Waals surface area contributed by atoms with E-state index in [1.54, 1.807) is 13.3 Å². The summed E-state index contributed by atoms with van der Waals surface area (Å²) in [7, 11) is 1.60. The van der Waals surface area contributed by atoms with Crippen molar-refractivity contribution in [2.24, 2.45) is 0 Å². The van der Waals surface area contributed by atoms with Crippen molar-refractivity contribution >= 4 is 11.4 Å². The molecule has 0 amide bonds. The summed E-state index contributed by atoms with van der Waals surface area (Å²) in [6.07, 6.45) is 1.79. The van der Waals surface area contributed by atoms with Crippen molar-refractivity contribution < 1.29 is 4.74 Å². The average molecular weight is 243 g/mol. The first-order chi connectivity index (χ1) is 8.69. The fourth-order valence-corrected chi connectivity index (χ4v) is 1.66. The summed E-state index contributed by atoms with van der Waals surface area (Å²) in [6.45, 7) is 2.73. The van der Waals surface area contributed by atoms with E-state index in [0.29, 0.717) is 12.4 Å². The Kier molecular flexibility index (Phi) is 3.67. The number of nitrogen functional groups attached to an aromatic ring is 1. The summed E-state index contributed by atoms with van der Waals surface area (Å²) >= 11 is 0. The highest BCUT2D eigenvalue weighted by atomic mass is 16.5. The first kappa shape index (κ1) is 12.2. The van der Waals surface area contributed by atoms with Gasteiger partial charge in [-0.05, 0) is 30.2 Å². The third kappa shape index (κ3) is 2.91. The summed E-state index contributed by atoms with van der Waals surface area (Å²) in [5.41, 5.74) is 9.86. The maximum Gasteiger partial charge on any atom is 0.212 e. The van der Waals surface area contributed by atoms with Crippen molar-refractivity contribution in [3.05, 3.63) is 47.7 Å². The van der Waals surface area contributed by atoms with E-state index in [0.717, 1.165) is 16.9 Å². The van der Waals surface area contributed by atoms with Crippen molar-refractivity contribution in [1.82, 2.24) is 4.98 Å². The molecule has 4 heteroatoms. The maximum atomic E-state index is 5.90. The molecule has 0 saturated heterocycles. The van der Waals surface area contributed by atoms with Gasteiger partial charge in [0.1, 0.15) is 0 Å². The molecule has 4 nitrogen and oxygen atoms in total. The van der Waals surface area contributed by atoms with Gasteiger partial charge in [-0.15, -0.1) is 0 Å². The number of nitrogens with one attached hydrogen (secondary N) is 1. The van der Waals surface area contributed by atoms with Crippen molar-refractivity contribution in [1.29, 1.82) is 0 Å². The molecule has 0 radical (unpaired) electrons. The molecule has 0 saturated carbocycles. The van der Waals surface area contributed by atoms with E-state index in [9.17, 15) is 0 Å². The number of hydrogen-bond acceptors (Lipinski definition) is 4. The molecule has 0 atom stereocenters. The van der Waals surface area contributed by atoms with Crippen LogP contribution in [0.4, 0.5) is 11.4 Å². The molecule has 0 spiro atoms. The zero-order valence-corrected chi connectivity index (χ0v) is 10.6. The smallest absolute Gasteiger partial charge is 0.212 e. The number of aryl methyl sites for hydroxylation is 1. The van der Waals surface area contributed by atoms with Crippen LogP contribution >= 0.6 is 0 Å². The largest absolute Gasteiger partial charge is 0.481 e. The van der Waals surface area contributed by atoms with Crippen LogP contribution in [0.25, 0.3) is 0 Å². The van der Waals surface area contributed by atoms with Gasteiger partial charge in [-0.2, -0.15) is 0 Å². The zero-order valence-electron chi connectivity index (χ0n) is 10.6. The first-order valence-electron chi connectivity index (χ1n) is 5.78. The minimum Gasteiger partial charge on any atom is -0.481 e. The van der Waals surface area contributed by atoms with Crippen LogP contribution in [0.15, 0.2) is 36.5 Å². The second-order valence-electron chi connectivity index (χ2n) is 4.15. The molecule has 0 unspecified atom stereocenters. The predicted octanol–water partition coefficient (Wildman–Crippen LogP) is 2.59. The number of ether oxygens (including phenoxy) is 1. The Morgan fingerprint density at radius 3 is 2.78 bits per heavy atom. The Bertz CT molecular complexity index is 523. The van der Waals surface area contributed by atoms with E-state index >= 15 is 0 Å². The number of pyridine rings is 1. The zero-order chi connectivity index (χ0) is 13.0. The monoisotopic (exact) mass is 243 g/mol. The number of hydrogen-bond donors (Lipinski definition) is 2. The predicted molar refractivity (Wildman–Crippen MR) is 73.7 cm³/mol. The number of nitrogens with two attached hydrogens (primary N) is 1. The molecule has 94 valence electrons. The van der Waals surface area contributed by atoms with Crippen LogP contribution in [-0.2, 0) is 6.54 Å². The molecule has 1 heterocycles. The molecule has 0 bridgehead atoms. The summed E-state index contributed by atoms with van der Waals surface area (Å²) in [5.74, 6) is 0.619. The van der Waals surface area contributed by atoms with Gasteiger partial charge in [-0.3, -0.25) is 0 Å². The quantitative estimate of drug-likeness (QED) is 0.810.